The third-order valence-electron chi connectivity index (χ3n) is 4.72. The number of amides is 1. The van der Waals surface area contributed by atoms with E-state index in [0.29, 0.717) is 0 Å². The van der Waals surface area contributed by atoms with Gasteiger partial charge >= 0.3 is 6.09 Å². The van der Waals surface area contributed by atoms with Crippen LogP contribution in [-0.4, -0.2) is 59.2 Å². The molecule has 0 heterocycles. The molecule has 2 unspecified atom stereocenters. The molecule has 2 rings (SSSR count). The topological polar surface area (TPSA) is 150 Å². The third kappa shape index (κ3) is 7.01. The van der Waals surface area contributed by atoms with Crippen molar-refractivity contribution in [3.8, 4) is 0 Å². The number of benzene rings is 2. The highest BCUT2D eigenvalue weighted by Gasteiger charge is 2.31. The van der Waals surface area contributed by atoms with E-state index in [2.05, 4.69) is 5.32 Å². The Bertz CT molecular complexity index is 1010. The van der Waals surface area contributed by atoms with Crippen LogP contribution in [0.3, 0.4) is 0 Å². The molecular weight excluding hydrogens is 438 g/mol. The van der Waals surface area contributed by atoms with E-state index < -0.39 is 33.2 Å². The van der Waals surface area contributed by atoms with E-state index in [1.807, 2.05) is 13.8 Å². The first kappa shape index (κ1) is 25.2. The Labute approximate surface area is 186 Å². The zero-order valence-electron chi connectivity index (χ0n) is 17.8. The number of carbonyl (C=O) groups is 1. The summed E-state index contributed by atoms with van der Waals surface area (Å²) in [5, 5.41) is 33.1. The van der Waals surface area contributed by atoms with Gasteiger partial charge in [-0.25, -0.2) is 13.2 Å². The number of sulfonamides is 1. The summed E-state index contributed by atoms with van der Waals surface area (Å²) in [5.41, 5.74) is 0.534. The molecule has 0 spiro atoms. The summed E-state index contributed by atoms with van der Waals surface area (Å²) in [6, 6.07) is 12.5. The Morgan fingerprint density at radius 1 is 1.09 bits per heavy atom. The van der Waals surface area contributed by atoms with Crippen LogP contribution in [0.2, 0.25) is 0 Å². The van der Waals surface area contributed by atoms with Crippen molar-refractivity contribution in [1.82, 2.24) is 9.62 Å². The number of carboxylic acid groups (broad SMARTS) is 1. The van der Waals surface area contributed by atoms with Crippen molar-refractivity contribution < 1.29 is 28.3 Å². The first-order chi connectivity index (χ1) is 15.0. The molecule has 0 aliphatic carbocycles. The van der Waals surface area contributed by atoms with Crippen LogP contribution in [0, 0.1) is 16.0 Å². The summed E-state index contributed by atoms with van der Waals surface area (Å²) in [6.45, 7) is 3.33. The van der Waals surface area contributed by atoms with E-state index in [-0.39, 0.29) is 36.0 Å². The average molecular weight is 466 g/mol. The molecule has 2 aromatic rings. The van der Waals surface area contributed by atoms with Gasteiger partial charge in [-0.05, 0) is 30.0 Å². The fourth-order valence-corrected chi connectivity index (χ4v) is 4.83. The number of hydrogen-bond donors (Lipinski definition) is 3. The molecule has 0 saturated carbocycles. The number of nitro benzene ring substituents is 1. The number of rotatable bonds is 11. The number of nitro groups is 1. The smallest absolute Gasteiger partial charge is 0.404 e. The second kappa shape index (κ2) is 11.0. The highest BCUT2D eigenvalue weighted by atomic mass is 32.2. The van der Waals surface area contributed by atoms with Gasteiger partial charge in [0.05, 0.1) is 22.0 Å². The van der Waals surface area contributed by atoms with Crippen LogP contribution in [0.5, 0.6) is 0 Å². The molecule has 32 heavy (non-hydrogen) atoms. The summed E-state index contributed by atoms with van der Waals surface area (Å²) in [6.07, 6.45) is -2.50. The molecular formula is C21H27N3O7S. The van der Waals surface area contributed by atoms with Crippen LogP contribution >= 0.6 is 0 Å². The minimum Gasteiger partial charge on any atom is -0.465 e. The Balaban J connectivity index is 2.29. The van der Waals surface area contributed by atoms with E-state index in [4.69, 9.17) is 0 Å². The van der Waals surface area contributed by atoms with E-state index in [0.717, 1.165) is 34.1 Å². The summed E-state index contributed by atoms with van der Waals surface area (Å²) in [4.78, 5) is 21.3. The third-order valence-corrected chi connectivity index (χ3v) is 6.56. The lowest BCUT2D eigenvalue weighted by Gasteiger charge is -2.30. The number of non-ortho nitro benzene ring substituents is 1. The summed E-state index contributed by atoms with van der Waals surface area (Å²) in [7, 11) is -4.09. The van der Waals surface area contributed by atoms with Gasteiger partial charge < -0.3 is 15.5 Å². The molecule has 10 nitrogen and oxygen atoms in total. The quantitative estimate of drug-likeness (QED) is 0.341. The predicted octanol–water partition coefficient (Wildman–Crippen LogP) is 2.48. The van der Waals surface area contributed by atoms with Gasteiger partial charge in [0, 0.05) is 25.2 Å². The van der Waals surface area contributed by atoms with Crippen molar-refractivity contribution in [2.75, 3.05) is 13.1 Å². The second-order valence-corrected chi connectivity index (χ2v) is 9.72. The van der Waals surface area contributed by atoms with Crippen molar-refractivity contribution in [3.63, 3.8) is 0 Å². The van der Waals surface area contributed by atoms with Gasteiger partial charge in [0.25, 0.3) is 5.69 Å². The normalized spacial score (nSPS) is 13.7. The van der Waals surface area contributed by atoms with Crippen molar-refractivity contribution in [2.45, 2.75) is 37.3 Å². The van der Waals surface area contributed by atoms with Crippen molar-refractivity contribution >= 4 is 21.8 Å². The van der Waals surface area contributed by atoms with Crippen molar-refractivity contribution in [2.24, 2.45) is 5.92 Å². The lowest BCUT2D eigenvalue weighted by molar-refractivity contribution is -0.384. The molecule has 0 aliphatic rings. The monoisotopic (exact) mass is 465 g/mol. The number of nitrogens with one attached hydrogen (secondary N) is 1. The lowest BCUT2D eigenvalue weighted by atomic mass is 10.0. The summed E-state index contributed by atoms with van der Waals surface area (Å²) < 4.78 is 27.5. The van der Waals surface area contributed by atoms with E-state index in [1.54, 1.807) is 30.3 Å². The van der Waals surface area contributed by atoms with Gasteiger partial charge in [-0.15, -0.1) is 0 Å². The molecule has 3 N–H and O–H groups in total. The Morgan fingerprint density at radius 2 is 1.69 bits per heavy atom. The zero-order chi connectivity index (χ0) is 23.9. The first-order valence-electron chi connectivity index (χ1n) is 9.96. The van der Waals surface area contributed by atoms with E-state index >= 15 is 0 Å². The molecule has 174 valence electrons. The molecule has 11 heteroatoms. The predicted molar refractivity (Wildman–Crippen MR) is 118 cm³/mol. The molecule has 0 saturated heterocycles. The summed E-state index contributed by atoms with van der Waals surface area (Å²) >= 11 is 0. The maximum atomic E-state index is 13.2. The first-order valence-corrected chi connectivity index (χ1v) is 11.4. The van der Waals surface area contributed by atoms with E-state index in [1.165, 1.54) is 0 Å². The molecule has 1 amide bonds. The Hall–Kier alpha value is -3.02. The molecule has 2 atom stereocenters. The van der Waals surface area contributed by atoms with Crippen LogP contribution in [-0.2, 0) is 16.4 Å². The van der Waals surface area contributed by atoms with Gasteiger partial charge in [0.2, 0.25) is 10.0 Å². The zero-order valence-corrected chi connectivity index (χ0v) is 18.6. The summed E-state index contributed by atoms with van der Waals surface area (Å²) in [5.74, 6) is -0.0879. The molecule has 0 aliphatic heterocycles. The largest absolute Gasteiger partial charge is 0.465 e. The van der Waals surface area contributed by atoms with Gasteiger partial charge in [-0.2, -0.15) is 4.31 Å². The fourth-order valence-electron chi connectivity index (χ4n) is 3.21. The minimum absolute atomic E-state index is 0.0709. The number of nitrogens with zero attached hydrogens (tertiary/aromatic N) is 2. The molecule has 0 fully saturated rings. The number of hydrogen-bond acceptors (Lipinski definition) is 6. The molecule has 0 bridgehead atoms. The SMILES string of the molecule is CC(C)CN(CC(O)C(Cc1ccccc1)NC(=O)O)S(=O)(=O)c1ccc([N+](=O)[O-])cc1. The van der Waals surface area contributed by atoms with Crippen molar-refractivity contribution in [1.29, 1.82) is 0 Å². The number of aliphatic hydroxyl groups is 1. The lowest BCUT2D eigenvalue weighted by Crippen LogP contribution is -2.50. The van der Waals surface area contributed by atoms with Gasteiger partial charge in [0.1, 0.15) is 0 Å². The van der Waals surface area contributed by atoms with Gasteiger partial charge in [-0.3, -0.25) is 10.1 Å². The van der Waals surface area contributed by atoms with Gasteiger partial charge in [0.15, 0.2) is 0 Å². The molecule has 0 aromatic heterocycles. The maximum Gasteiger partial charge on any atom is 0.404 e. The average Bonchev–Trinajstić information content (AvgIpc) is 2.73. The van der Waals surface area contributed by atoms with Crippen LogP contribution in [0.1, 0.15) is 19.4 Å². The van der Waals surface area contributed by atoms with Crippen LogP contribution in [0.4, 0.5) is 10.5 Å². The van der Waals surface area contributed by atoms with Crippen LogP contribution < -0.4 is 5.32 Å². The standard InChI is InChI=1S/C21H27N3O7S/c1-15(2)13-23(32(30,31)18-10-8-17(9-11-18)24(28)29)14-20(25)19(22-21(26)27)12-16-6-4-3-5-7-16/h3-11,15,19-20,22,25H,12-14H2,1-2H3,(H,26,27). The highest BCUT2D eigenvalue weighted by Crippen LogP contribution is 2.21. The second-order valence-electron chi connectivity index (χ2n) is 7.78. The minimum atomic E-state index is -4.09. The maximum absolute atomic E-state index is 13.2. The van der Waals surface area contributed by atoms with Crippen LogP contribution in [0.25, 0.3) is 0 Å². The van der Waals surface area contributed by atoms with Crippen LogP contribution in [0.15, 0.2) is 59.5 Å². The van der Waals surface area contributed by atoms with Gasteiger partial charge in [-0.1, -0.05) is 44.2 Å². The van der Waals surface area contributed by atoms with E-state index in [9.17, 15) is 33.5 Å². The fraction of sp³-hybridized carbons (Fsp3) is 0.381. The highest BCUT2D eigenvalue weighted by molar-refractivity contribution is 7.89. The molecule has 2 aromatic carbocycles. The molecule has 0 radical (unpaired) electrons. The Kier molecular flexibility index (Phi) is 8.70. The Morgan fingerprint density at radius 3 is 2.19 bits per heavy atom. The van der Waals surface area contributed by atoms with Crippen molar-refractivity contribution in [3.05, 3.63) is 70.3 Å². The number of aliphatic hydroxyl groups excluding tert-OH is 1.